The zero-order chi connectivity index (χ0) is 17.9. The van der Waals surface area contributed by atoms with Crippen molar-refractivity contribution in [3.8, 4) is 0 Å². The molecule has 2 rings (SSSR count). The molecule has 1 amide bonds. The van der Waals surface area contributed by atoms with E-state index in [9.17, 15) is 19.1 Å². The number of carbonyl (C=O) groups excluding carboxylic acids is 1. The molecule has 2 unspecified atom stereocenters. The van der Waals surface area contributed by atoms with Crippen LogP contribution in [0.1, 0.15) is 33.6 Å². The fourth-order valence-corrected chi connectivity index (χ4v) is 3.77. The quantitative estimate of drug-likeness (QED) is 0.609. The Labute approximate surface area is 142 Å². The smallest absolute Gasteiger partial charge is 0.410 e. The summed E-state index contributed by atoms with van der Waals surface area (Å²) < 4.78 is 18.0. The third-order valence-electron chi connectivity index (χ3n) is 3.47. The number of nitrogens with zero attached hydrogens (tertiary/aromatic N) is 3. The lowest BCUT2D eigenvalue weighted by Gasteiger charge is -2.33. The van der Waals surface area contributed by atoms with E-state index in [4.69, 9.17) is 4.74 Å². The number of ether oxygens (including phenoxy) is 1. The van der Waals surface area contributed by atoms with E-state index in [0.717, 1.165) is 12.6 Å². The highest BCUT2D eigenvalue weighted by Crippen LogP contribution is 2.22. The summed E-state index contributed by atoms with van der Waals surface area (Å²) in [5.41, 5.74) is -0.724. The Hall–Kier alpha value is -2.03. The molecule has 0 aliphatic carbocycles. The monoisotopic (exact) mass is 355 g/mol. The lowest BCUT2D eigenvalue weighted by atomic mass is 10.1. The first-order valence-electron chi connectivity index (χ1n) is 7.66. The van der Waals surface area contributed by atoms with Gasteiger partial charge in [0.15, 0.2) is 0 Å². The lowest BCUT2D eigenvalue weighted by Crippen LogP contribution is -2.45. The van der Waals surface area contributed by atoms with Gasteiger partial charge in [0, 0.05) is 19.2 Å². The van der Waals surface area contributed by atoms with Crippen LogP contribution < -0.4 is 0 Å². The van der Waals surface area contributed by atoms with Gasteiger partial charge in [-0.1, -0.05) is 0 Å². The van der Waals surface area contributed by atoms with E-state index >= 15 is 0 Å². The first-order valence-corrected chi connectivity index (χ1v) is 8.87. The molecule has 1 aliphatic rings. The molecule has 2 heterocycles. The zero-order valence-electron chi connectivity index (χ0n) is 13.9. The minimum Gasteiger partial charge on any atom is -0.444 e. The second-order valence-corrected chi connectivity index (χ2v) is 8.28. The lowest BCUT2D eigenvalue weighted by molar-refractivity contribution is -0.385. The highest BCUT2D eigenvalue weighted by molar-refractivity contribution is 7.85. The molecule has 0 radical (unpaired) electrons. The van der Waals surface area contributed by atoms with Gasteiger partial charge in [-0.15, -0.1) is 0 Å². The Bertz CT molecular complexity index is 642. The highest BCUT2D eigenvalue weighted by atomic mass is 32.2. The van der Waals surface area contributed by atoms with Crippen LogP contribution in [0.25, 0.3) is 0 Å². The van der Waals surface area contributed by atoms with E-state index in [1.807, 2.05) is 0 Å². The predicted octanol–water partition coefficient (Wildman–Crippen LogP) is 2.50. The van der Waals surface area contributed by atoms with Gasteiger partial charge in [-0.3, -0.25) is 14.3 Å². The molecule has 132 valence electrons. The second kappa shape index (κ2) is 7.25. The Balaban J connectivity index is 2.04. The molecule has 0 aromatic carbocycles. The third-order valence-corrected chi connectivity index (χ3v) is 5.11. The molecule has 2 atom stereocenters. The number of nitro groups is 1. The van der Waals surface area contributed by atoms with Crippen LogP contribution in [0, 0.1) is 10.1 Å². The van der Waals surface area contributed by atoms with E-state index in [1.54, 1.807) is 25.7 Å². The van der Waals surface area contributed by atoms with Gasteiger partial charge in [0.05, 0.1) is 21.0 Å². The summed E-state index contributed by atoms with van der Waals surface area (Å²) >= 11 is 0. The van der Waals surface area contributed by atoms with Crippen molar-refractivity contribution >= 4 is 22.6 Å². The van der Waals surface area contributed by atoms with Crippen molar-refractivity contribution in [3.05, 3.63) is 28.4 Å². The van der Waals surface area contributed by atoms with E-state index in [1.165, 1.54) is 12.1 Å². The molecule has 1 saturated heterocycles. The number of carbonyl (C=O) groups is 1. The van der Waals surface area contributed by atoms with Crippen LogP contribution in [0.2, 0.25) is 0 Å². The number of pyridine rings is 1. The van der Waals surface area contributed by atoms with Gasteiger partial charge in [0.25, 0.3) is 5.69 Å². The number of piperidine rings is 1. The molecule has 1 fully saturated rings. The van der Waals surface area contributed by atoms with Crippen LogP contribution in [-0.2, 0) is 15.5 Å². The first kappa shape index (κ1) is 18.3. The van der Waals surface area contributed by atoms with E-state index < -0.39 is 27.4 Å². The summed E-state index contributed by atoms with van der Waals surface area (Å²) in [6, 6.07) is 2.69. The molecule has 1 aromatic heterocycles. The number of amides is 1. The molecule has 1 aromatic rings. The molecule has 24 heavy (non-hydrogen) atoms. The summed E-state index contributed by atoms with van der Waals surface area (Å²) in [6.07, 6.45) is 2.11. The van der Waals surface area contributed by atoms with Crippen molar-refractivity contribution in [2.75, 3.05) is 13.1 Å². The largest absolute Gasteiger partial charge is 0.444 e. The van der Waals surface area contributed by atoms with Crippen LogP contribution in [0.15, 0.2) is 23.4 Å². The van der Waals surface area contributed by atoms with Gasteiger partial charge in [-0.25, -0.2) is 9.78 Å². The summed E-state index contributed by atoms with van der Waals surface area (Å²) in [4.78, 5) is 27.7. The summed E-state index contributed by atoms with van der Waals surface area (Å²) in [7, 11) is -1.43. The number of rotatable bonds is 3. The van der Waals surface area contributed by atoms with Crippen LogP contribution in [0.4, 0.5) is 10.5 Å². The molecule has 9 heteroatoms. The fourth-order valence-electron chi connectivity index (χ4n) is 2.38. The topological polar surface area (TPSA) is 103 Å². The normalized spacial score (nSPS) is 19.6. The maximum absolute atomic E-state index is 12.6. The number of likely N-dealkylation sites (tertiary alicyclic amines) is 1. The Morgan fingerprint density at radius 2 is 2.17 bits per heavy atom. The number of hydrogen-bond acceptors (Lipinski definition) is 6. The highest BCUT2D eigenvalue weighted by Gasteiger charge is 2.31. The average molecular weight is 355 g/mol. The Kier molecular flexibility index (Phi) is 5.53. The SMILES string of the molecule is CC(C)(C)OC(=O)N1CCCC(S(=O)c2ccc([N+](=O)[O-])cn2)C1. The summed E-state index contributed by atoms with van der Waals surface area (Å²) in [5.74, 6) is 0. The predicted molar refractivity (Wildman–Crippen MR) is 88.1 cm³/mol. The third kappa shape index (κ3) is 4.73. The minimum absolute atomic E-state index is 0.144. The maximum Gasteiger partial charge on any atom is 0.410 e. The van der Waals surface area contributed by atoms with Crippen molar-refractivity contribution in [1.29, 1.82) is 0 Å². The van der Waals surface area contributed by atoms with Crippen LogP contribution in [-0.4, -0.2) is 49.0 Å². The number of aromatic nitrogens is 1. The van der Waals surface area contributed by atoms with E-state index in [0.29, 0.717) is 19.5 Å². The molecule has 1 aliphatic heterocycles. The maximum atomic E-state index is 12.6. The molecular formula is C15H21N3O5S. The van der Waals surface area contributed by atoms with Gasteiger partial charge < -0.3 is 9.64 Å². The zero-order valence-corrected chi connectivity index (χ0v) is 14.7. The average Bonchev–Trinajstić information content (AvgIpc) is 2.53. The molecule has 0 N–H and O–H groups in total. The van der Waals surface area contributed by atoms with Crippen molar-refractivity contribution < 1.29 is 18.7 Å². The van der Waals surface area contributed by atoms with Gasteiger partial charge in [0.2, 0.25) is 0 Å². The molecule has 0 spiro atoms. The van der Waals surface area contributed by atoms with Gasteiger partial charge in [-0.2, -0.15) is 0 Å². The molecule has 0 bridgehead atoms. The van der Waals surface area contributed by atoms with Crippen molar-refractivity contribution in [2.45, 2.75) is 49.5 Å². The first-order chi connectivity index (χ1) is 11.2. The van der Waals surface area contributed by atoms with Crippen LogP contribution in [0.5, 0.6) is 0 Å². The fraction of sp³-hybridized carbons (Fsp3) is 0.600. The second-order valence-electron chi connectivity index (χ2n) is 6.60. The molecular weight excluding hydrogens is 334 g/mol. The minimum atomic E-state index is -1.43. The Morgan fingerprint density at radius 3 is 2.71 bits per heavy atom. The van der Waals surface area contributed by atoms with Gasteiger partial charge in [-0.05, 0) is 39.7 Å². The van der Waals surface area contributed by atoms with Gasteiger partial charge in [0.1, 0.15) is 16.8 Å². The van der Waals surface area contributed by atoms with E-state index in [-0.39, 0.29) is 16.0 Å². The number of hydrogen-bond donors (Lipinski definition) is 0. The standard InChI is InChI=1S/C15H21N3O5S/c1-15(2,3)23-14(19)17-8-4-5-12(10-17)24(22)13-7-6-11(9-16-13)18(20)21/h6-7,9,12H,4-5,8,10H2,1-3H3. The van der Waals surface area contributed by atoms with Crippen molar-refractivity contribution in [2.24, 2.45) is 0 Å². The van der Waals surface area contributed by atoms with Crippen molar-refractivity contribution in [3.63, 3.8) is 0 Å². The van der Waals surface area contributed by atoms with Crippen LogP contribution in [0.3, 0.4) is 0 Å². The van der Waals surface area contributed by atoms with E-state index in [2.05, 4.69) is 4.98 Å². The Morgan fingerprint density at radius 1 is 1.46 bits per heavy atom. The van der Waals surface area contributed by atoms with Crippen molar-refractivity contribution in [1.82, 2.24) is 9.88 Å². The van der Waals surface area contributed by atoms with Gasteiger partial charge >= 0.3 is 6.09 Å². The summed E-state index contributed by atoms with van der Waals surface area (Å²) in [5, 5.41) is 10.7. The van der Waals surface area contributed by atoms with Crippen LogP contribution >= 0.6 is 0 Å². The summed E-state index contributed by atoms with van der Waals surface area (Å²) in [6.45, 7) is 6.28. The molecule has 8 nitrogen and oxygen atoms in total. The molecule has 0 saturated carbocycles.